The SMILES string of the molecule is CCNC(=NCc1ccco1)NCC(c1ccc(F)cc1)N1CCOCC1. The van der Waals surface area contributed by atoms with Crippen molar-refractivity contribution < 1.29 is 13.5 Å². The highest BCUT2D eigenvalue weighted by molar-refractivity contribution is 5.79. The van der Waals surface area contributed by atoms with Gasteiger partial charge >= 0.3 is 0 Å². The van der Waals surface area contributed by atoms with E-state index in [0.717, 1.165) is 36.9 Å². The summed E-state index contributed by atoms with van der Waals surface area (Å²) in [6, 6.07) is 10.6. The Bertz CT molecular complexity index is 697. The van der Waals surface area contributed by atoms with Crippen LogP contribution in [-0.2, 0) is 11.3 Å². The molecule has 2 N–H and O–H groups in total. The van der Waals surface area contributed by atoms with Crippen LogP contribution in [0.3, 0.4) is 0 Å². The minimum atomic E-state index is -0.221. The van der Waals surface area contributed by atoms with Gasteiger partial charge < -0.3 is 19.8 Å². The Morgan fingerprint density at radius 1 is 1.19 bits per heavy atom. The van der Waals surface area contributed by atoms with E-state index in [2.05, 4.69) is 20.5 Å². The van der Waals surface area contributed by atoms with E-state index < -0.39 is 0 Å². The van der Waals surface area contributed by atoms with Crippen molar-refractivity contribution in [2.75, 3.05) is 39.4 Å². The fourth-order valence-corrected chi connectivity index (χ4v) is 3.13. The van der Waals surface area contributed by atoms with E-state index in [1.807, 2.05) is 31.2 Å². The number of hydrogen-bond acceptors (Lipinski definition) is 4. The van der Waals surface area contributed by atoms with Gasteiger partial charge in [0.2, 0.25) is 0 Å². The van der Waals surface area contributed by atoms with Gasteiger partial charge in [0.15, 0.2) is 5.96 Å². The molecule has 2 heterocycles. The van der Waals surface area contributed by atoms with Crippen LogP contribution in [0.2, 0.25) is 0 Å². The molecule has 0 bridgehead atoms. The number of morpholine rings is 1. The maximum absolute atomic E-state index is 13.4. The van der Waals surface area contributed by atoms with E-state index in [1.54, 1.807) is 6.26 Å². The zero-order valence-electron chi connectivity index (χ0n) is 15.7. The third-order valence-corrected chi connectivity index (χ3v) is 4.52. The average molecular weight is 374 g/mol. The summed E-state index contributed by atoms with van der Waals surface area (Å²) < 4.78 is 24.2. The van der Waals surface area contributed by atoms with Crippen molar-refractivity contribution >= 4 is 5.96 Å². The lowest BCUT2D eigenvalue weighted by atomic mass is 10.0. The number of furan rings is 1. The third kappa shape index (κ3) is 5.80. The molecule has 0 saturated carbocycles. The molecule has 0 radical (unpaired) electrons. The van der Waals surface area contributed by atoms with Gasteiger partial charge in [-0.2, -0.15) is 0 Å². The van der Waals surface area contributed by atoms with Crippen LogP contribution >= 0.6 is 0 Å². The van der Waals surface area contributed by atoms with Crippen LogP contribution in [0.15, 0.2) is 52.1 Å². The Morgan fingerprint density at radius 3 is 2.63 bits per heavy atom. The highest BCUT2D eigenvalue weighted by Gasteiger charge is 2.23. The lowest BCUT2D eigenvalue weighted by Gasteiger charge is -2.35. The summed E-state index contributed by atoms with van der Waals surface area (Å²) in [5.74, 6) is 1.32. The van der Waals surface area contributed by atoms with E-state index in [4.69, 9.17) is 9.15 Å². The lowest BCUT2D eigenvalue weighted by molar-refractivity contribution is 0.0170. The van der Waals surface area contributed by atoms with Crippen LogP contribution in [0.25, 0.3) is 0 Å². The summed E-state index contributed by atoms with van der Waals surface area (Å²) in [6.07, 6.45) is 1.65. The second-order valence-corrected chi connectivity index (χ2v) is 6.37. The Kier molecular flexibility index (Phi) is 7.24. The van der Waals surface area contributed by atoms with E-state index in [1.165, 1.54) is 12.1 Å². The molecule has 1 aliphatic heterocycles. The van der Waals surface area contributed by atoms with Crippen molar-refractivity contribution in [2.24, 2.45) is 4.99 Å². The van der Waals surface area contributed by atoms with Gasteiger partial charge in [0, 0.05) is 26.2 Å². The number of nitrogens with zero attached hydrogens (tertiary/aromatic N) is 2. The number of halogens is 1. The van der Waals surface area contributed by atoms with Gasteiger partial charge in [-0.3, -0.25) is 4.90 Å². The third-order valence-electron chi connectivity index (χ3n) is 4.52. The molecule has 1 fully saturated rings. The quantitative estimate of drug-likeness (QED) is 0.576. The standard InChI is InChI=1S/C20H27FN4O2/c1-2-22-20(23-14-18-4-3-11-27-18)24-15-19(25-9-12-26-13-10-25)16-5-7-17(21)8-6-16/h3-8,11,19H,2,9-10,12-15H2,1H3,(H2,22,23,24). The lowest BCUT2D eigenvalue weighted by Crippen LogP contribution is -2.46. The van der Waals surface area contributed by atoms with Crippen LogP contribution in [-0.4, -0.2) is 50.3 Å². The second-order valence-electron chi connectivity index (χ2n) is 6.37. The monoisotopic (exact) mass is 374 g/mol. The Hall–Kier alpha value is -2.38. The second kappa shape index (κ2) is 10.1. The minimum absolute atomic E-state index is 0.113. The number of nitrogens with one attached hydrogen (secondary N) is 2. The molecule has 6 nitrogen and oxygen atoms in total. The predicted molar refractivity (Wildman–Crippen MR) is 103 cm³/mol. The zero-order chi connectivity index (χ0) is 18.9. The summed E-state index contributed by atoms with van der Waals surface area (Å²) in [4.78, 5) is 6.94. The maximum Gasteiger partial charge on any atom is 0.191 e. The van der Waals surface area contributed by atoms with Crippen molar-refractivity contribution in [1.82, 2.24) is 15.5 Å². The molecular weight excluding hydrogens is 347 g/mol. The first-order valence-electron chi connectivity index (χ1n) is 9.38. The minimum Gasteiger partial charge on any atom is -0.467 e. The first kappa shape index (κ1) is 19.4. The van der Waals surface area contributed by atoms with Gasteiger partial charge in [-0.25, -0.2) is 9.38 Å². The normalized spacial score (nSPS) is 16.9. The maximum atomic E-state index is 13.4. The van der Waals surface area contributed by atoms with E-state index >= 15 is 0 Å². The number of benzene rings is 1. The summed E-state index contributed by atoms with van der Waals surface area (Å²) in [6.45, 7) is 7.06. The number of ether oxygens (including phenoxy) is 1. The van der Waals surface area contributed by atoms with Crippen molar-refractivity contribution in [3.8, 4) is 0 Å². The van der Waals surface area contributed by atoms with Crippen LogP contribution in [0.5, 0.6) is 0 Å². The number of rotatable bonds is 7. The van der Waals surface area contributed by atoms with Gasteiger partial charge in [-0.05, 0) is 36.8 Å². The molecule has 1 atom stereocenters. The Labute approximate surface area is 159 Å². The summed E-state index contributed by atoms with van der Waals surface area (Å²) in [5, 5.41) is 6.67. The van der Waals surface area contributed by atoms with Crippen molar-refractivity contribution in [3.63, 3.8) is 0 Å². The predicted octanol–water partition coefficient (Wildman–Crippen LogP) is 2.55. The fourth-order valence-electron chi connectivity index (χ4n) is 3.13. The van der Waals surface area contributed by atoms with Gasteiger partial charge in [0.1, 0.15) is 18.1 Å². The molecule has 0 aliphatic carbocycles. The highest BCUT2D eigenvalue weighted by atomic mass is 19.1. The molecule has 1 aliphatic rings. The van der Waals surface area contributed by atoms with Gasteiger partial charge in [-0.15, -0.1) is 0 Å². The molecule has 1 unspecified atom stereocenters. The van der Waals surface area contributed by atoms with Gasteiger partial charge in [0.05, 0.1) is 25.5 Å². The number of guanidine groups is 1. The largest absolute Gasteiger partial charge is 0.467 e. The summed E-state index contributed by atoms with van der Waals surface area (Å²) >= 11 is 0. The molecule has 3 rings (SSSR count). The van der Waals surface area contributed by atoms with Crippen LogP contribution in [0, 0.1) is 5.82 Å². The highest BCUT2D eigenvalue weighted by Crippen LogP contribution is 2.21. The summed E-state index contributed by atoms with van der Waals surface area (Å²) in [7, 11) is 0. The van der Waals surface area contributed by atoms with E-state index in [9.17, 15) is 4.39 Å². The molecular formula is C20H27FN4O2. The molecule has 1 aromatic heterocycles. The number of aliphatic imine (C=N–C) groups is 1. The van der Waals surface area contributed by atoms with Crippen LogP contribution in [0.4, 0.5) is 4.39 Å². The molecule has 1 saturated heterocycles. The van der Waals surface area contributed by atoms with Crippen LogP contribution in [0.1, 0.15) is 24.3 Å². The van der Waals surface area contributed by atoms with Crippen molar-refractivity contribution in [1.29, 1.82) is 0 Å². The average Bonchev–Trinajstić information content (AvgIpc) is 3.22. The van der Waals surface area contributed by atoms with E-state index in [0.29, 0.717) is 26.3 Å². The number of hydrogen-bond donors (Lipinski definition) is 2. The first-order valence-corrected chi connectivity index (χ1v) is 9.38. The van der Waals surface area contributed by atoms with Gasteiger partial charge in [-0.1, -0.05) is 12.1 Å². The van der Waals surface area contributed by atoms with E-state index in [-0.39, 0.29) is 11.9 Å². The summed E-state index contributed by atoms with van der Waals surface area (Å²) in [5.41, 5.74) is 1.08. The topological polar surface area (TPSA) is 62.0 Å². The Balaban J connectivity index is 1.69. The molecule has 2 aromatic rings. The van der Waals surface area contributed by atoms with Gasteiger partial charge in [0.25, 0.3) is 0 Å². The molecule has 27 heavy (non-hydrogen) atoms. The Morgan fingerprint density at radius 2 is 1.96 bits per heavy atom. The van der Waals surface area contributed by atoms with Crippen molar-refractivity contribution in [3.05, 3.63) is 59.8 Å². The van der Waals surface area contributed by atoms with Crippen molar-refractivity contribution in [2.45, 2.75) is 19.5 Å². The van der Waals surface area contributed by atoms with Crippen LogP contribution < -0.4 is 10.6 Å². The molecule has 7 heteroatoms. The fraction of sp³-hybridized carbons (Fsp3) is 0.450. The molecule has 146 valence electrons. The first-order chi connectivity index (χ1) is 13.3. The molecule has 0 amide bonds. The zero-order valence-corrected chi connectivity index (χ0v) is 15.7. The molecule has 0 spiro atoms. The molecule has 1 aromatic carbocycles. The smallest absolute Gasteiger partial charge is 0.191 e.